The Balaban J connectivity index is 0.00000357. The van der Waals surface area contributed by atoms with Gasteiger partial charge in [0.15, 0.2) is 0 Å². The van der Waals surface area contributed by atoms with Crippen molar-refractivity contribution in [1.29, 1.82) is 0 Å². The van der Waals surface area contributed by atoms with Gasteiger partial charge in [0.25, 0.3) is 0 Å². The Kier molecular flexibility index (Phi) is 9.07. The van der Waals surface area contributed by atoms with Gasteiger partial charge in [-0.3, -0.25) is 0 Å². The lowest BCUT2D eigenvalue weighted by atomic mass is 9.76. The molecule has 0 aliphatic carbocycles. The topological polar surface area (TPSA) is 6.48 Å². The molecule has 0 fully saturated rings. The van der Waals surface area contributed by atoms with Gasteiger partial charge in [0.2, 0.25) is 0 Å². The molecule has 222 valence electrons. The zero-order chi connectivity index (χ0) is 29.8. The summed E-state index contributed by atoms with van der Waals surface area (Å²) in [5.41, 5.74) is 7.64. The summed E-state index contributed by atoms with van der Waals surface area (Å²) < 4.78 is 0. The Labute approximate surface area is 277 Å². The predicted octanol–water partition coefficient (Wildman–Crippen LogP) is 10.6. The van der Waals surface area contributed by atoms with Gasteiger partial charge in [0.05, 0.1) is 12.7 Å². The Bertz CT molecular complexity index is 1800. The zero-order valence-corrected chi connectivity index (χ0v) is 26.4. The molecule has 1 heterocycles. The highest BCUT2D eigenvalue weighted by molar-refractivity contribution is 6.31. The number of hydrogen-bond acceptors (Lipinski definition) is 2. The van der Waals surface area contributed by atoms with E-state index in [9.17, 15) is 0 Å². The molecule has 1 atom stereocenters. The highest BCUT2D eigenvalue weighted by Crippen LogP contribution is 2.47. The second-order valence-corrected chi connectivity index (χ2v) is 11.6. The molecule has 6 aromatic rings. The van der Waals surface area contributed by atoms with E-state index in [4.69, 9.17) is 11.6 Å². The molecule has 0 aromatic heterocycles. The van der Waals surface area contributed by atoms with Crippen molar-refractivity contribution in [3.8, 4) is 11.1 Å². The minimum atomic E-state index is -0.648. The van der Waals surface area contributed by atoms with Crippen LogP contribution in [0, 0.1) is 0 Å². The van der Waals surface area contributed by atoms with E-state index in [1.165, 1.54) is 22.3 Å². The highest BCUT2D eigenvalue weighted by Gasteiger charge is 2.44. The van der Waals surface area contributed by atoms with Crippen LogP contribution in [0.2, 0.25) is 5.02 Å². The normalized spacial score (nSPS) is 13.4. The van der Waals surface area contributed by atoms with Crippen LogP contribution < -0.4 is 0 Å². The largest absolute Gasteiger partial charge is 0.347 e. The minimum Gasteiger partial charge on any atom is -0.347 e. The molecule has 0 saturated carbocycles. The van der Waals surface area contributed by atoms with Gasteiger partial charge >= 0.3 is 0 Å². The van der Waals surface area contributed by atoms with Crippen molar-refractivity contribution in [3.05, 3.63) is 215 Å². The zero-order valence-electron chi connectivity index (χ0n) is 24.8. The van der Waals surface area contributed by atoms with E-state index < -0.39 is 5.54 Å². The molecule has 0 bridgehead atoms. The Morgan fingerprint density at radius 1 is 0.489 bits per heavy atom. The molecule has 0 spiro atoms. The van der Waals surface area contributed by atoms with Crippen molar-refractivity contribution in [2.75, 3.05) is 6.67 Å². The van der Waals surface area contributed by atoms with Gasteiger partial charge in [-0.2, -0.15) is 0 Å². The van der Waals surface area contributed by atoms with E-state index in [1.54, 1.807) is 0 Å². The van der Waals surface area contributed by atoms with Crippen LogP contribution >= 0.6 is 24.0 Å². The van der Waals surface area contributed by atoms with Gasteiger partial charge in [-0.15, -0.1) is 12.4 Å². The summed E-state index contributed by atoms with van der Waals surface area (Å²) in [7, 11) is 0. The van der Waals surface area contributed by atoms with E-state index in [0.29, 0.717) is 6.67 Å². The SMILES string of the molecule is Cl.Clc1ccccc1C(c1ccccc1)(c1ccccc1)N1C=CN(C(c2ccccc2)c2ccc(-c3ccccc3)cc2)C1. The second-order valence-electron chi connectivity index (χ2n) is 11.1. The lowest BCUT2D eigenvalue weighted by molar-refractivity contribution is 0.162. The monoisotopic (exact) mass is 624 g/mol. The van der Waals surface area contributed by atoms with Crippen molar-refractivity contribution in [2.24, 2.45) is 0 Å². The lowest BCUT2D eigenvalue weighted by Gasteiger charge is -2.45. The van der Waals surface area contributed by atoms with Crippen LogP contribution in [0.4, 0.5) is 0 Å². The number of hydrogen-bond donors (Lipinski definition) is 0. The summed E-state index contributed by atoms with van der Waals surface area (Å²) in [4.78, 5) is 4.87. The van der Waals surface area contributed by atoms with Crippen LogP contribution in [0.15, 0.2) is 182 Å². The van der Waals surface area contributed by atoms with Crippen LogP contribution in [-0.2, 0) is 5.54 Å². The smallest absolute Gasteiger partial charge is 0.119 e. The van der Waals surface area contributed by atoms with Gasteiger partial charge in [-0.05, 0) is 39.4 Å². The molecular weight excluding hydrogens is 591 g/mol. The quantitative estimate of drug-likeness (QED) is 0.155. The number of nitrogens with zero attached hydrogens (tertiary/aromatic N) is 2. The third-order valence-corrected chi connectivity index (χ3v) is 8.94. The van der Waals surface area contributed by atoms with Crippen LogP contribution in [-0.4, -0.2) is 16.5 Å². The number of benzene rings is 6. The fourth-order valence-corrected chi connectivity index (χ4v) is 6.87. The summed E-state index contributed by atoms with van der Waals surface area (Å²) in [6, 6.07) is 60.1. The summed E-state index contributed by atoms with van der Waals surface area (Å²) in [5.74, 6) is 0. The molecule has 0 saturated heterocycles. The number of halogens is 2. The Morgan fingerprint density at radius 2 is 0.956 bits per heavy atom. The molecule has 1 unspecified atom stereocenters. The maximum atomic E-state index is 7.08. The molecule has 1 aliphatic heterocycles. The third-order valence-electron chi connectivity index (χ3n) is 8.61. The summed E-state index contributed by atoms with van der Waals surface area (Å²) >= 11 is 7.08. The average molecular weight is 626 g/mol. The van der Waals surface area contributed by atoms with Crippen LogP contribution in [0.3, 0.4) is 0 Å². The Morgan fingerprint density at radius 3 is 1.53 bits per heavy atom. The van der Waals surface area contributed by atoms with E-state index in [1.807, 2.05) is 12.1 Å². The van der Waals surface area contributed by atoms with Crippen molar-refractivity contribution < 1.29 is 0 Å². The number of rotatable bonds is 8. The van der Waals surface area contributed by atoms with E-state index >= 15 is 0 Å². The minimum absolute atomic E-state index is 0. The highest BCUT2D eigenvalue weighted by atomic mass is 35.5. The summed E-state index contributed by atoms with van der Waals surface area (Å²) in [6.45, 7) is 0.662. The van der Waals surface area contributed by atoms with Crippen LogP contribution in [0.25, 0.3) is 11.1 Å². The standard InChI is InChI=1S/C41H33ClN2.ClH/c42-39-24-14-13-23-38(39)41(36-19-9-3-10-20-36,37-21-11-4-12-22-37)44-30-29-43(31-44)40(34-17-7-2-8-18-34)35-27-25-33(26-28-35)32-15-5-1-6-16-32;/h1-30,40H,31H2;1H. The Hall–Kier alpha value is -4.76. The molecule has 45 heavy (non-hydrogen) atoms. The fraction of sp³-hybridized carbons (Fsp3) is 0.0732. The maximum Gasteiger partial charge on any atom is 0.119 e. The molecule has 0 amide bonds. The van der Waals surface area contributed by atoms with Gasteiger partial charge in [0.1, 0.15) is 5.54 Å². The first kappa shape index (κ1) is 30.3. The second kappa shape index (κ2) is 13.5. The molecule has 2 nitrogen and oxygen atoms in total. The van der Waals surface area contributed by atoms with Crippen molar-refractivity contribution >= 4 is 24.0 Å². The van der Waals surface area contributed by atoms with Crippen LogP contribution in [0.1, 0.15) is 33.9 Å². The average Bonchev–Trinajstić information content (AvgIpc) is 3.58. The van der Waals surface area contributed by atoms with E-state index in [-0.39, 0.29) is 18.4 Å². The molecule has 4 heteroatoms. The first-order chi connectivity index (χ1) is 21.7. The lowest BCUT2D eigenvalue weighted by Crippen LogP contribution is -2.47. The van der Waals surface area contributed by atoms with Crippen molar-refractivity contribution in [1.82, 2.24) is 9.80 Å². The molecule has 0 N–H and O–H groups in total. The summed E-state index contributed by atoms with van der Waals surface area (Å²) in [5, 5.41) is 0.739. The van der Waals surface area contributed by atoms with Crippen molar-refractivity contribution in [3.63, 3.8) is 0 Å². The maximum absolute atomic E-state index is 7.08. The van der Waals surface area contributed by atoms with Crippen LogP contribution in [0.5, 0.6) is 0 Å². The van der Waals surface area contributed by atoms with Gasteiger partial charge in [-0.25, -0.2) is 0 Å². The third kappa shape index (κ3) is 5.76. The molecule has 1 aliphatic rings. The summed E-state index contributed by atoms with van der Waals surface area (Å²) in [6.07, 6.45) is 4.47. The van der Waals surface area contributed by atoms with E-state index in [2.05, 4.69) is 180 Å². The van der Waals surface area contributed by atoms with Gasteiger partial charge in [-0.1, -0.05) is 175 Å². The van der Waals surface area contributed by atoms with Gasteiger partial charge < -0.3 is 9.80 Å². The van der Waals surface area contributed by atoms with E-state index in [0.717, 1.165) is 21.7 Å². The first-order valence-electron chi connectivity index (χ1n) is 15.0. The molecule has 6 aromatic carbocycles. The molecule has 0 radical (unpaired) electrons. The molecular formula is C41H34Cl2N2. The predicted molar refractivity (Wildman–Crippen MR) is 189 cm³/mol. The van der Waals surface area contributed by atoms with Crippen molar-refractivity contribution in [2.45, 2.75) is 11.6 Å². The fourth-order valence-electron chi connectivity index (χ4n) is 6.60. The molecule has 7 rings (SSSR count). The van der Waals surface area contributed by atoms with Gasteiger partial charge in [0, 0.05) is 23.0 Å². The first-order valence-corrected chi connectivity index (χ1v) is 15.4.